The van der Waals surface area contributed by atoms with Crippen molar-refractivity contribution in [1.29, 1.82) is 0 Å². The van der Waals surface area contributed by atoms with Crippen LogP contribution in [0.5, 0.6) is 0 Å². The highest BCUT2D eigenvalue weighted by atomic mass is 79.9. The number of rotatable bonds is 3. The lowest BCUT2D eigenvalue weighted by Crippen LogP contribution is -2.46. The zero-order chi connectivity index (χ0) is 18.0. The predicted molar refractivity (Wildman–Crippen MR) is 99.5 cm³/mol. The third-order valence-corrected chi connectivity index (χ3v) is 5.63. The van der Waals surface area contributed by atoms with Gasteiger partial charge in [-0.25, -0.2) is 0 Å². The summed E-state index contributed by atoms with van der Waals surface area (Å²) in [6.45, 7) is 0.435. The number of halogens is 2. The molecule has 25 heavy (non-hydrogen) atoms. The molecule has 3 rings (SSSR count). The number of carbonyl (C=O) groups excluding carboxylic acids is 3. The van der Waals surface area contributed by atoms with E-state index in [-0.39, 0.29) is 5.91 Å². The summed E-state index contributed by atoms with van der Waals surface area (Å²) in [4.78, 5) is 38.6. The molecule has 1 fully saturated rings. The van der Waals surface area contributed by atoms with Crippen molar-refractivity contribution < 1.29 is 14.4 Å². The number of hydrogen-bond donors (Lipinski definition) is 2. The van der Waals surface area contributed by atoms with Crippen LogP contribution in [0.4, 0.5) is 5.69 Å². The Balaban J connectivity index is 1.58. The average Bonchev–Trinajstić information content (AvgIpc) is 3.19. The van der Waals surface area contributed by atoms with E-state index in [0.717, 1.165) is 3.79 Å². The Labute approximate surface area is 161 Å². The summed E-state index contributed by atoms with van der Waals surface area (Å²) in [5.74, 6) is -2.08. The first-order valence-corrected chi connectivity index (χ1v) is 9.37. The van der Waals surface area contributed by atoms with E-state index in [1.807, 2.05) is 0 Å². The van der Waals surface area contributed by atoms with Gasteiger partial charge in [-0.15, -0.1) is 11.3 Å². The van der Waals surface area contributed by atoms with Crippen molar-refractivity contribution in [2.45, 2.75) is 6.42 Å². The topological polar surface area (TPSA) is 78.5 Å². The number of nitrogens with zero attached hydrogens (tertiary/aromatic N) is 1. The van der Waals surface area contributed by atoms with Crippen LogP contribution >= 0.6 is 38.9 Å². The highest BCUT2D eigenvalue weighted by Gasteiger charge is 2.37. The highest BCUT2D eigenvalue weighted by Crippen LogP contribution is 2.26. The van der Waals surface area contributed by atoms with E-state index in [9.17, 15) is 14.4 Å². The van der Waals surface area contributed by atoms with Gasteiger partial charge in [-0.1, -0.05) is 11.6 Å². The maximum absolute atomic E-state index is 12.5. The maximum atomic E-state index is 12.5. The third kappa shape index (κ3) is 4.02. The molecular weight excluding hydrogens is 430 g/mol. The van der Waals surface area contributed by atoms with Crippen LogP contribution in [0, 0.1) is 5.92 Å². The molecule has 130 valence electrons. The Morgan fingerprint density at radius 2 is 1.88 bits per heavy atom. The first-order valence-electron chi connectivity index (χ1n) is 7.38. The smallest absolute Gasteiger partial charge is 0.279 e. The van der Waals surface area contributed by atoms with E-state index in [2.05, 4.69) is 26.8 Å². The zero-order valence-electron chi connectivity index (χ0n) is 12.8. The fraction of sp³-hybridized carbons (Fsp3) is 0.188. The number of nitrogens with one attached hydrogen (secondary N) is 2. The van der Waals surface area contributed by atoms with Gasteiger partial charge in [-0.2, -0.15) is 0 Å². The number of carbonyl (C=O) groups is 3. The van der Waals surface area contributed by atoms with Gasteiger partial charge in [0, 0.05) is 17.3 Å². The number of thiophene rings is 1. The minimum absolute atomic E-state index is 0.298. The van der Waals surface area contributed by atoms with Crippen molar-refractivity contribution >= 4 is 62.3 Å². The van der Waals surface area contributed by atoms with E-state index in [1.165, 1.54) is 11.3 Å². The van der Waals surface area contributed by atoms with Crippen molar-refractivity contribution in [2.24, 2.45) is 5.92 Å². The largest absolute Gasteiger partial charge is 0.312 e. The molecule has 6 nitrogen and oxygen atoms in total. The molecule has 0 aliphatic carbocycles. The van der Waals surface area contributed by atoms with Gasteiger partial charge in [0.25, 0.3) is 11.8 Å². The molecule has 0 spiro atoms. The minimum atomic E-state index is -0.828. The first-order chi connectivity index (χ1) is 12.0. The Bertz CT molecular complexity index is 824. The second-order valence-corrected chi connectivity index (χ2v) is 8.25. The van der Waals surface area contributed by atoms with Crippen molar-refractivity contribution in [1.82, 2.24) is 10.9 Å². The number of hydrazine groups is 1. The molecule has 1 saturated heterocycles. The Morgan fingerprint density at radius 3 is 2.52 bits per heavy atom. The van der Waals surface area contributed by atoms with Crippen LogP contribution in [0.2, 0.25) is 5.02 Å². The number of amides is 3. The standard InChI is InChI=1S/C16H13BrClN3O3S/c17-13-6-5-12(25-13)15(23)20-19-14(22)11-7-8-21(16(11)24)10-3-1-9(18)2-4-10/h1-6,11H,7-8H2,(H,19,22)(H,20,23). The minimum Gasteiger partial charge on any atom is -0.312 e. The molecule has 1 aromatic heterocycles. The average molecular weight is 443 g/mol. The van der Waals surface area contributed by atoms with Crippen molar-refractivity contribution in [2.75, 3.05) is 11.4 Å². The van der Waals surface area contributed by atoms with Crippen LogP contribution in [0.25, 0.3) is 0 Å². The fourth-order valence-corrected chi connectivity index (χ4v) is 3.91. The monoisotopic (exact) mass is 441 g/mol. The van der Waals surface area contributed by atoms with E-state index in [0.29, 0.717) is 28.6 Å². The van der Waals surface area contributed by atoms with Crippen molar-refractivity contribution in [3.63, 3.8) is 0 Å². The number of benzene rings is 1. The second-order valence-electron chi connectivity index (χ2n) is 5.35. The van der Waals surface area contributed by atoms with E-state index < -0.39 is 17.7 Å². The normalized spacial score (nSPS) is 16.8. The molecule has 2 aromatic rings. The Hall–Kier alpha value is -1.90. The molecule has 3 amide bonds. The molecule has 1 aromatic carbocycles. The number of hydrogen-bond acceptors (Lipinski definition) is 4. The summed E-state index contributed by atoms with van der Waals surface area (Å²) in [5.41, 5.74) is 5.35. The first kappa shape index (κ1) is 17.9. The number of anilines is 1. The lowest BCUT2D eigenvalue weighted by atomic mass is 10.1. The SMILES string of the molecule is O=C(NNC(=O)C1CCN(c2ccc(Cl)cc2)C1=O)c1ccc(Br)s1. The fourth-order valence-electron chi connectivity index (χ4n) is 2.50. The zero-order valence-corrected chi connectivity index (χ0v) is 16.0. The van der Waals surface area contributed by atoms with Crippen molar-refractivity contribution in [3.05, 3.63) is 50.1 Å². The van der Waals surface area contributed by atoms with Crippen LogP contribution in [-0.4, -0.2) is 24.3 Å². The highest BCUT2D eigenvalue weighted by molar-refractivity contribution is 9.11. The summed E-state index contributed by atoms with van der Waals surface area (Å²) in [5, 5.41) is 0.576. The van der Waals surface area contributed by atoms with E-state index in [1.54, 1.807) is 41.3 Å². The van der Waals surface area contributed by atoms with Gasteiger partial charge in [0.1, 0.15) is 5.92 Å². The molecule has 1 aliphatic heterocycles. The lowest BCUT2D eigenvalue weighted by Gasteiger charge is -2.16. The molecule has 2 N–H and O–H groups in total. The summed E-state index contributed by atoms with van der Waals surface area (Å²) in [6, 6.07) is 10.2. The predicted octanol–water partition coefficient (Wildman–Crippen LogP) is 2.98. The van der Waals surface area contributed by atoms with Gasteiger partial charge >= 0.3 is 0 Å². The molecule has 0 bridgehead atoms. The maximum Gasteiger partial charge on any atom is 0.279 e. The molecule has 9 heteroatoms. The summed E-state index contributed by atoms with van der Waals surface area (Å²) < 4.78 is 0.813. The molecule has 0 saturated carbocycles. The molecule has 2 heterocycles. The molecular formula is C16H13BrClN3O3S. The quantitative estimate of drug-likeness (QED) is 0.567. The van der Waals surface area contributed by atoms with Gasteiger partial charge in [0.2, 0.25) is 5.91 Å². The molecule has 1 atom stereocenters. The van der Waals surface area contributed by atoms with Crippen molar-refractivity contribution in [3.8, 4) is 0 Å². The third-order valence-electron chi connectivity index (χ3n) is 3.76. The van der Waals surface area contributed by atoms with E-state index >= 15 is 0 Å². The summed E-state index contributed by atoms with van der Waals surface area (Å²) in [6.07, 6.45) is 0.383. The Morgan fingerprint density at radius 1 is 1.16 bits per heavy atom. The van der Waals surface area contributed by atoms with Crippen LogP contribution in [-0.2, 0) is 9.59 Å². The van der Waals surface area contributed by atoms with Gasteiger partial charge < -0.3 is 4.90 Å². The molecule has 1 unspecified atom stereocenters. The molecule has 1 aliphatic rings. The van der Waals surface area contributed by atoms with Gasteiger partial charge in [-0.05, 0) is 58.7 Å². The van der Waals surface area contributed by atoms with Crippen LogP contribution in [0.15, 0.2) is 40.2 Å². The summed E-state index contributed by atoms with van der Waals surface area (Å²) >= 11 is 10.4. The van der Waals surface area contributed by atoms with Gasteiger partial charge in [-0.3, -0.25) is 25.2 Å². The van der Waals surface area contributed by atoms with Gasteiger partial charge in [0.05, 0.1) is 8.66 Å². The van der Waals surface area contributed by atoms with E-state index in [4.69, 9.17) is 11.6 Å². The Kier molecular flexibility index (Phi) is 5.41. The van der Waals surface area contributed by atoms with Crippen LogP contribution in [0.3, 0.4) is 0 Å². The summed E-state index contributed by atoms with van der Waals surface area (Å²) in [7, 11) is 0. The van der Waals surface area contributed by atoms with Crippen LogP contribution < -0.4 is 15.8 Å². The molecule has 0 radical (unpaired) electrons. The second kappa shape index (κ2) is 7.55. The van der Waals surface area contributed by atoms with Crippen LogP contribution in [0.1, 0.15) is 16.1 Å². The lowest BCUT2D eigenvalue weighted by molar-refractivity contribution is -0.132. The van der Waals surface area contributed by atoms with Gasteiger partial charge in [0.15, 0.2) is 0 Å².